The molecule has 1 amide bonds. The van der Waals surface area contributed by atoms with Crippen LogP contribution in [0.1, 0.15) is 31.7 Å². The van der Waals surface area contributed by atoms with E-state index in [2.05, 4.69) is 10.6 Å². The summed E-state index contributed by atoms with van der Waals surface area (Å²) in [5.74, 6) is 0.0213. The van der Waals surface area contributed by atoms with Crippen molar-refractivity contribution in [3.8, 4) is 6.07 Å². The Morgan fingerprint density at radius 1 is 1.60 bits per heavy atom. The SMILES string of the molecule is CCC1(C(=O)Nc2ccc(C#N)c(Cl)c2)CCCNC1. The van der Waals surface area contributed by atoms with Gasteiger partial charge in [-0.15, -0.1) is 0 Å². The quantitative estimate of drug-likeness (QED) is 0.900. The highest BCUT2D eigenvalue weighted by atomic mass is 35.5. The molecule has 106 valence electrons. The molecule has 1 saturated heterocycles. The molecule has 0 aromatic heterocycles. The Bertz CT molecular complexity index is 545. The fourth-order valence-electron chi connectivity index (χ4n) is 2.57. The average molecular weight is 292 g/mol. The van der Waals surface area contributed by atoms with Crippen LogP contribution in [0.25, 0.3) is 0 Å². The normalized spacial score (nSPS) is 22.1. The van der Waals surface area contributed by atoms with Gasteiger partial charge in [0.25, 0.3) is 0 Å². The number of hydrogen-bond donors (Lipinski definition) is 2. The van der Waals surface area contributed by atoms with Crippen LogP contribution in [0.4, 0.5) is 5.69 Å². The summed E-state index contributed by atoms with van der Waals surface area (Å²) in [5.41, 5.74) is 0.699. The maximum atomic E-state index is 12.5. The lowest BCUT2D eigenvalue weighted by molar-refractivity contribution is -0.126. The maximum Gasteiger partial charge on any atom is 0.231 e. The third kappa shape index (κ3) is 2.95. The molecule has 20 heavy (non-hydrogen) atoms. The first-order valence-corrected chi connectivity index (χ1v) is 7.21. The van der Waals surface area contributed by atoms with Crippen LogP contribution < -0.4 is 10.6 Å². The van der Waals surface area contributed by atoms with Gasteiger partial charge in [-0.05, 0) is 44.0 Å². The summed E-state index contributed by atoms with van der Waals surface area (Å²) < 4.78 is 0. The zero-order valence-corrected chi connectivity index (χ0v) is 12.3. The Morgan fingerprint density at radius 3 is 2.95 bits per heavy atom. The topological polar surface area (TPSA) is 64.9 Å². The second-order valence-electron chi connectivity index (χ2n) is 5.17. The first kappa shape index (κ1) is 14.8. The van der Waals surface area contributed by atoms with Crippen LogP contribution in [0.3, 0.4) is 0 Å². The highest BCUT2D eigenvalue weighted by Gasteiger charge is 2.37. The van der Waals surface area contributed by atoms with Crippen molar-refractivity contribution in [3.05, 3.63) is 28.8 Å². The summed E-state index contributed by atoms with van der Waals surface area (Å²) in [6.45, 7) is 3.72. The molecule has 5 heteroatoms. The zero-order valence-electron chi connectivity index (χ0n) is 11.5. The van der Waals surface area contributed by atoms with E-state index in [-0.39, 0.29) is 11.3 Å². The van der Waals surface area contributed by atoms with Crippen molar-refractivity contribution in [2.75, 3.05) is 18.4 Å². The second kappa shape index (κ2) is 6.25. The first-order chi connectivity index (χ1) is 9.61. The molecule has 1 fully saturated rings. The largest absolute Gasteiger partial charge is 0.326 e. The van der Waals surface area contributed by atoms with Crippen molar-refractivity contribution < 1.29 is 4.79 Å². The molecule has 1 heterocycles. The average Bonchev–Trinajstić information content (AvgIpc) is 2.48. The van der Waals surface area contributed by atoms with Gasteiger partial charge in [-0.2, -0.15) is 5.26 Å². The second-order valence-corrected chi connectivity index (χ2v) is 5.58. The molecule has 1 aromatic rings. The molecule has 0 bridgehead atoms. The number of hydrogen-bond acceptors (Lipinski definition) is 3. The van der Waals surface area contributed by atoms with E-state index >= 15 is 0 Å². The molecular weight excluding hydrogens is 274 g/mol. The monoisotopic (exact) mass is 291 g/mol. The van der Waals surface area contributed by atoms with E-state index in [9.17, 15) is 4.79 Å². The molecule has 4 nitrogen and oxygen atoms in total. The molecule has 1 aromatic carbocycles. The van der Waals surface area contributed by atoms with Gasteiger partial charge >= 0.3 is 0 Å². The molecule has 0 aliphatic carbocycles. The molecule has 1 unspecified atom stereocenters. The Labute approximate surface area is 124 Å². The molecule has 2 N–H and O–H groups in total. The van der Waals surface area contributed by atoms with Gasteiger partial charge in [0.2, 0.25) is 5.91 Å². The predicted molar refractivity (Wildman–Crippen MR) is 79.6 cm³/mol. The Hall–Kier alpha value is -1.57. The summed E-state index contributed by atoms with van der Waals surface area (Å²) >= 11 is 5.98. The Kier molecular flexibility index (Phi) is 4.64. The number of rotatable bonds is 3. The van der Waals surface area contributed by atoms with E-state index < -0.39 is 0 Å². The third-order valence-corrected chi connectivity index (χ3v) is 4.29. The number of nitriles is 1. The standard InChI is InChI=1S/C15H18ClN3O/c1-2-15(6-3-7-18-10-15)14(20)19-12-5-4-11(9-17)13(16)8-12/h4-5,8,18H,2-3,6-7,10H2,1H3,(H,19,20). The summed E-state index contributed by atoms with van der Waals surface area (Å²) in [6, 6.07) is 6.96. The minimum Gasteiger partial charge on any atom is -0.326 e. The minimum atomic E-state index is -0.349. The van der Waals surface area contributed by atoms with Crippen molar-refractivity contribution in [1.29, 1.82) is 5.26 Å². The van der Waals surface area contributed by atoms with Crippen LogP contribution in [0, 0.1) is 16.7 Å². The van der Waals surface area contributed by atoms with E-state index in [1.54, 1.807) is 18.2 Å². The Balaban J connectivity index is 2.14. The smallest absolute Gasteiger partial charge is 0.231 e. The van der Waals surface area contributed by atoms with Gasteiger partial charge in [0.15, 0.2) is 0 Å². The highest BCUT2D eigenvalue weighted by molar-refractivity contribution is 6.32. The van der Waals surface area contributed by atoms with Crippen LogP contribution >= 0.6 is 11.6 Å². The van der Waals surface area contributed by atoms with Crippen LogP contribution in [-0.4, -0.2) is 19.0 Å². The molecule has 0 spiro atoms. The summed E-state index contributed by atoms with van der Waals surface area (Å²) in [7, 11) is 0. The molecule has 2 rings (SSSR count). The fraction of sp³-hybridized carbons (Fsp3) is 0.467. The van der Waals surface area contributed by atoms with Gasteiger partial charge in [0, 0.05) is 12.2 Å². The number of nitrogens with one attached hydrogen (secondary N) is 2. The van der Waals surface area contributed by atoms with Crippen LogP contribution in [-0.2, 0) is 4.79 Å². The number of nitrogens with zero attached hydrogens (tertiary/aromatic N) is 1. The zero-order chi connectivity index (χ0) is 14.6. The van der Waals surface area contributed by atoms with Crippen molar-refractivity contribution in [2.45, 2.75) is 26.2 Å². The minimum absolute atomic E-state index is 0.0213. The number of carbonyl (C=O) groups excluding carboxylic acids is 1. The van der Waals surface area contributed by atoms with Crippen molar-refractivity contribution >= 4 is 23.2 Å². The number of piperidine rings is 1. The predicted octanol–water partition coefficient (Wildman–Crippen LogP) is 2.93. The van der Waals surface area contributed by atoms with Gasteiger partial charge in [-0.3, -0.25) is 4.79 Å². The maximum absolute atomic E-state index is 12.5. The molecule has 0 saturated carbocycles. The molecule has 1 aliphatic heterocycles. The number of carbonyl (C=O) groups is 1. The fourth-order valence-corrected chi connectivity index (χ4v) is 2.79. The summed E-state index contributed by atoms with van der Waals surface area (Å²) in [4.78, 5) is 12.5. The van der Waals surface area contributed by atoms with Gasteiger partial charge in [0.05, 0.1) is 16.0 Å². The van der Waals surface area contributed by atoms with E-state index in [1.807, 2.05) is 13.0 Å². The van der Waals surface area contributed by atoms with Gasteiger partial charge in [0.1, 0.15) is 6.07 Å². The number of amides is 1. The summed E-state index contributed by atoms with van der Waals surface area (Å²) in [6.07, 6.45) is 2.71. The lowest BCUT2D eigenvalue weighted by atomic mass is 9.77. The number of benzene rings is 1. The number of halogens is 1. The van der Waals surface area contributed by atoms with Crippen LogP contribution in [0.2, 0.25) is 5.02 Å². The van der Waals surface area contributed by atoms with Crippen LogP contribution in [0.15, 0.2) is 18.2 Å². The lowest BCUT2D eigenvalue weighted by Crippen LogP contribution is -2.47. The van der Waals surface area contributed by atoms with Crippen molar-refractivity contribution in [1.82, 2.24) is 5.32 Å². The van der Waals surface area contributed by atoms with Gasteiger partial charge < -0.3 is 10.6 Å². The highest BCUT2D eigenvalue weighted by Crippen LogP contribution is 2.32. The van der Waals surface area contributed by atoms with E-state index in [1.165, 1.54) is 0 Å². The molecule has 1 aliphatic rings. The van der Waals surface area contributed by atoms with E-state index in [4.69, 9.17) is 16.9 Å². The van der Waals surface area contributed by atoms with E-state index in [0.717, 1.165) is 25.8 Å². The lowest BCUT2D eigenvalue weighted by Gasteiger charge is -2.35. The molecular formula is C15H18ClN3O. The van der Waals surface area contributed by atoms with Gasteiger partial charge in [-0.1, -0.05) is 18.5 Å². The van der Waals surface area contributed by atoms with Crippen molar-refractivity contribution in [3.63, 3.8) is 0 Å². The van der Waals surface area contributed by atoms with Gasteiger partial charge in [-0.25, -0.2) is 0 Å². The third-order valence-electron chi connectivity index (χ3n) is 3.98. The van der Waals surface area contributed by atoms with Crippen molar-refractivity contribution in [2.24, 2.45) is 5.41 Å². The first-order valence-electron chi connectivity index (χ1n) is 6.83. The van der Waals surface area contributed by atoms with Crippen LogP contribution in [0.5, 0.6) is 0 Å². The molecule has 1 atom stereocenters. The van der Waals surface area contributed by atoms with E-state index in [0.29, 0.717) is 22.8 Å². The Morgan fingerprint density at radius 2 is 2.40 bits per heavy atom. The molecule has 0 radical (unpaired) electrons. The number of anilines is 1. The summed E-state index contributed by atoms with van der Waals surface area (Å²) in [5, 5.41) is 15.4.